The Balaban J connectivity index is 2.22. The summed E-state index contributed by atoms with van der Waals surface area (Å²) < 4.78 is 0. The molecule has 1 heterocycles. The van der Waals surface area contributed by atoms with Gasteiger partial charge in [-0.2, -0.15) is 0 Å². The van der Waals surface area contributed by atoms with Crippen molar-refractivity contribution in [3.63, 3.8) is 0 Å². The summed E-state index contributed by atoms with van der Waals surface area (Å²) in [5.41, 5.74) is 3.21. The van der Waals surface area contributed by atoms with Gasteiger partial charge in [-0.15, -0.1) is 0 Å². The first-order chi connectivity index (χ1) is 9.22. The van der Waals surface area contributed by atoms with Gasteiger partial charge in [-0.3, -0.25) is 9.78 Å². The number of aromatic nitrogens is 1. The summed E-state index contributed by atoms with van der Waals surface area (Å²) in [5.74, 6) is -0.130. The van der Waals surface area contributed by atoms with Gasteiger partial charge < -0.3 is 10.6 Å². The minimum Gasteiger partial charge on any atom is -0.322 e. The number of rotatable bonds is 4. The number of amides is 1. The number of carbonyl (C=O) groups is 1. The van der Waals surface area contributed by atoms with Crippen molar-refractivity contribution in [2.45, 2.75) is 13.5 Å². The van der Waals surface area contributed by atoms with Gasteiger partial charge in [0.2, 0.25) is 0 Å². The Morgan fingerprint density at radius 2 is 2.00 bits per heavy atom. The number of nitrogens with one attached hydrogen (secondary N) is 2. The van der Waals surface area contributed by atoms with E-state index in [0.29, 0.717) is 12.1 Å². The van der Waals surface area contributed by atoms with Crippen LogP contribution >= 0.6 is 0 Å². The third kappa shape index (κ3) is 3.17. The van der Waals surface area contributed by atoms with E-state index in [0.717, 1.165) is 16.9 Å². The van der Waals surface area contributed by atoms with Gasteiger partial charge in [-0.25, -0.2) is 0 Å². The normalized spacial score (nSPS) is 10.2. The highest BCUT2D eigenvalue weighted by Crippen LogP contribution is 2.16. The molecule has 4 nitrogen and oxygen atoms in total. The molecule has 98 valence electrons. The van der Waals surface area contributed by atoms with E-state index in [2.05, 4.69) is 15.6 Å². The summed E-state index contributed by atoms with van der Waals surface area (Å²) in [6.07, 6.45) is 1.68. The number of benzene rings is 1. The van der Waals surface area contributed by atoms with Crippen LogP contribution in [0.1, 0.15) is 21.6 Å². The summed E-state index contributed by atoms with van der Waals surface area (Å²) in [7, 11) is 1.88. The van der Waals surface area contributed by atoms with Crippen molar-refractivity contribution in [1.82, 2.24) is 10.3 Å². The van der Waals surface area contributed by atoms with E-state index in [1.54, 1.807) is 18.3 Å². The number of carbonyl (C=O) groups excluding carboxylic acids is 1. The fraction of sp³-hybridized carbons (Fsp3) is 0.200. The Kier molecular flexibility index (Phi) is 4.26. The first-order valence-electron chi connectivity index (χ1n) is 6.18. The minimum atomic E-state index is -0.130. The molecule has 4 heteroatoms. The van der Waals surface area contributed by atoms with Crippen LogP contribution in [0.5, 0.6) is 0 Å². The Morgan fingerprint density at radius 3 is 2.74 bits per heavy atom. The number of nitrogens with zero attached hydrogens (tertiary/aromatic N) is 1. The summed E-state index contributed by atoms with van der Waals surface area (Å²) >= 11 is 0. The maximum Gasteiger partial charge on any atom is 0.257 e. The van der Waals surface area contributed by atoms with Gasteiger partial charge in [-0.1, -0.05) is 18.2 Å². The molecule has 0 fully saturated rings. The molecule has 0 saturated carbocycles. The van der Waals surface area contributed by atoms with E-state index in [9.17, 15) is 4.79 Å². The molecule has 2 rings (SSSR count). The van der Waals surface area contributed by atoms with E-state index in [4.69, 9.17) is 0 Å². The second-order valence-corrected chi connectivity index (χ2v) is 4.28. The lowest BCUT2D eigenvalue weighted by molar-refractivity contribution is 0.102. The zero-order valence-electron chi connectivity index (χ0n) is 11.1. The lowest BCUT2D eigenvalue weighted by atomic mass is 10.1. The van der Waals surface area contributed by atoms with Crippen molar-refractivity contribution in [1.29, 1.82) is 0 Å². The molecule has 2 aromatic rings. The van der Waals surface area contributed by atoms with Crippen molar-refractivity contribution >= 4 is 11.6 Å². The van der Waals surface area contributed by atoms with Crippen molar-refractivity contribution in [2.75, 3.05) is 12.4 Å². The van der Waals surface area contributed by atoms with Gasteiger partial charge >= 0.3 is 0 Å². The van der Waals surface area contributed by atoms with Crippen LogP contribution in [0.25, 0.3) is 0 Å². The first kappa shape index (κ1) is 13.2. The lowest BCUT2D eigenvalue weighted by Crippen LogP contribution is -2.16. The van der Waals surface area contributed by atoms with Crippen molar-refractivity contribution in [3.05, 3.63) is 59.4 Å². The van der Waals surface area contributed by atoms with Crippen LogP contribution in [0.2, 0.25) is 0 Å². The number of anilines is 1. The number of pyridine rings is 1. The van der Waals surface area contributed by atoms with Crippen molar-refractivity contribution < 1.29 is 4.79 Å². The van der Waals surface area contributed by atoms with Crippen LogP contribution in [-0.4, -0.2) is 17.9 Å². The standard InChI is InChI=1S/C15H17N3O/c1-11-13(7-5-9-17-11)15(19)18-14-8-4-3-6-12(14)10-16-2/h3-9,16H,10H2,1-2H3,(H,18,19). The minimum absolute atomic E-state index is 0.130. The molecular formula is C15H17N3O. The third-order valence-electron chi connectivity index (χ3n) is 2.88. The monoisotopic (exact) mass is 255 g/mol. The van der Waals surface area contributed by atoms with Crippen molar-refractivity contribution in [3.8, 4) is 0 Å². The highest BCUT2D eigenvalue weighted by molar-refractivity contribution is 6.05. The van der Waals surface area contributed by atoms with Crippen LogP contribution in [0.4, 0.5) is 5.69 Å². The quantitative estimate of drug-likeness (QED) is 0.881. The summed E-state index contributed by atoms with van der Waals surface area (Å²) in [6.45, 7) is 2.54. The van der Waals surface area contributed by atoms with Gasteiger partial charge in [0.15, 0.2) is 0 Å². The van der Waals surface area contributed by atoms with Crippen molar-refractivity contribution in [2.24, 2.45) is 0 Å². The Hall–Kier alpha value is -2.20. The molecule has 1 aromatic heterocycles. The van der Waals surface area contributed by atoms with Crippen LogP contribution in [0.15, 0.2) is 42.6 Å². The molecule has 0 radical (unpaired) electrons. The summed E-state index contributed by atoms with van der Waals surface area (Å²) in [6, 6.07) is 11.3. The second-order valence-electron chi connectivity index (χ2n) is 4.28. The highest BCUT2D eigenvalue weighted by atomic mass is 16.1. The van der Waals surface area contributed by atoms with E-state index < -0.39 is 0 Å². The SMILES string of the molecule is CNCc1ccccc1NC(=O)c1cccnc1C. The van der Waals surface area contributed by atoms with E-state index in [1.807, 2.05) is 38.2 Å². The van der Waals surface area contributed by atoms with Crippen LogP contribution in [-0.2, 0) is 6.54 Å². The molecule has 1 aromatic carbocycles. The molecule has 0 spiro atoms. The molecular weight excluding hydrogens is 238 g/mol. The number of para-hydroxylation sites is 1. The molecule has 0 aliphatic heterocycles. The highest BCUT2D eigenvalue weighted by Gasteiger charge is 2.11. The molecule has 0 bridgehead atoms. The zero-order chi connectivity index (χ0) is 13.7. The lowest BCUT2D eigenvalue weighted by Gasteiger charge is -2.11. The smallest absolute Gasteiger partial charge is 0.257 e. The van der Waals surface area contributed by atoms with Gasteiger partial charge in [-0.05, 0) is 37.7 Å². The number of hydrogen-bond acceptors (Lipinski definition) is 3. The number of hydrogen-bond donors (Lipinski definition) is 2. The molecule has 2 N–H and O–H groups in total. The van der Waals surface area contributed by atoms with Crippen LogP contribution < -0.4 is 10.6 Å². The predicted molar refractivity (Wildman–Crippen MR) is 76.1 cm³/mol. The molecule has 0 aliphatic carbocycles. The molecule has 0 aliphatic rings. The van der Waals surface area contributed by atoms with Gasteiger partial charge in [0.25, 0.3) is 5.91 Å². The summed E-state index contributed by atoms with van der Waals surface area (Å²) in [4.78, 5) is 16.3. The largest absolute Gasteiger partial charge is 0.322 e. The van der Waals surface area contributed by atoms with Gasteiger partial charge in [0, 0.05) is 24.1 Å². The maximum atomic E-state index is 12.2. The average Bonchev–Trinajstić information content (AvgIpc) is 2.41. The van der Waals surface area contributed by atoms with Gasteiger partial charge in [0.1, 0.15) is 0 Å². The number of aryl methyl sites for hydroxylation is 1. The molecule has 0 unspecified atom stereocenters. The molecule has 19 heavy (non-hydrogen) atoms. The zero-order valence-corrected chi connectivity index (χ0v) is 11.1. The maximum absolute atomic E-state index is 12.2. The van der Waals surface area contributed by atoms with Gasteiger partial charge in [0.05, 0.1) is 5.56 Å². The van der Waals surface area contributed by atoms with E-state index in [-0.39, 0.29) is 5.91 Å². The second kappa shape index (κ2) is 6.11. The molecule has 1 amide bonds. The third-order valence-corrected chi connectivity index (χ3v) is 2.88. The van der Waals surface area contributed by atoms with E-state index >= 15 is 0 Å². The Labute approximate surface area is 112 Å². The fourth-order valence-electron chi connectivity index (χ4n) is 1.90. The van der Waals surface area contributed by atoms with Crippen LogP contribution in [0.3, 0.4) is 0 Å². The van der Waals surface area contributed by atoms with Crippen LogP contribution in [0, 0.1) is 6.92 Å². The summed E-state index contributed by atoms with van der Waals surface area (Å²) in [5, 5.41) is 6.02. The Morgan fingerprint density at radius 1 is 1.21 bits per heavy atom. The topological polar surface area (TPSA) is 54.0 Å². The average molecular weight is 255 g/mol. The molecule has 0 atom stereocenters. The predicted octanol–water partition coefficient (Wildman–Crippen LogP) is 2.36. The fourth-order valence-corrected chi connectivity index (χ4v) is 1.90. The Bertz CT molecular complexity index is 581. The molecule has 0 saturated heterocycles. The first-order valence-corrected chi connectivity index (χ1v) is 6.18. The van der Waals surface area contributed by atoms with E-state index in [1.165, 1.54) is 0 Å².